The minimum absolute atomic E-state index is 0.264. The number of hydrogen-bond acceptors (Lipinski definition) is 4. The van der Waals surface area contributed by atoms with Gasteiger partial charge < -0.3 is 10.3 Å². The number of aromatic amines is 1. The van der Waals surface area contributed by atoms with Crippen molar-refractivity contribution in [2.45, 2.75) is 13.5 Å². The van der Waals surface area contributed by atoms with Crippen molar-refractivity contribution in [2.24, 2.45) is 0 Å². The Morgan fingerprint density at radius 1 is 1.29 bits per heavy atom. The monoisotopic (exact) mass is 343 g/mol. The molecule has 122 valence electrons. The lowest BCUT2D eigenvalue weighted by Crippen LogP contribution is -2.23. The first kappa shape index (κ1) is 16.1. The third-order valence-corrected chi connectivity index (χ3v) is 4.64. The smallest absolute Gasteiger partial charge is 0.253 e. The molecule has 0 saturated carbocycles. The van der Waals surface area contributed by atoms with Crippen LogP contribution >= 0.6 is 11.3 Å². The summed E-state index contributed by atoms with van der Waals surface area (Å²) in [6.45, 7) is 2.11. The molecule has 2 N–H and O–H groups in total. The summed E-state index contributed by atoms with van der Waals surface area (Å²) in [6, 6.07) is 9.21. The van der Waals surface area contributed by atoms with Gasteiger partial charge in [0.15, 0.2) is 0 Å². The van der Waals surface area contributed by atoms with Crippen LogP contribution in [0.5, 0.6) is 0 Å². The van der Waals surface area contributed by atoms with Crippen molar-refractivity contribution in [3.63, 3.8) is 0 Å². The van der Waals surface area contributed by atoms with Crippen LogP contribution in [0.3, 0.4) is 0 Å². The first-order valence-electron chi connectivity index (χ1n) is 7.23. The number of amides is 1. The van der Waals surface area contributed by atoms with E-state index in [0.29, 0.717) is 16.1 Å². The molecule has 0 bridgehead atoms. The molecule has 0 saturated heterocycles. The zero-order chi connectivity index (χ0) is 17.1. The summed E-state index contributed by atoms with van der Waals surface area (Å²) < 4.78 is 13.9. The molecule has 0 aliphatic carbocycles. The van der Waals surface area contributed by atoms with Crippen molar-refractivity contribution in [3.05, 3.63) is 74.9 Å². The van der Waals surface area contributed by atoms with Crippen LogP contribution in [0.15, 0.2) is 47.4 Å². The Kier molecular flexibility index (Phi) is 4.52. The van der Waals surface area contributed by atoms with Crippen molar-refractivity contribution in [3.8, 4) is 10.6 Å². The molecular weight excluding hydrogens is 329 g/mol. The summed E-state index contributed by atoms with van der Waals surface area (Å²) in [5, 5.41) is 3.35. The van der Waals surface area contributed by atoms with Crippen molar-refractivity contribution < 1.29 is 9.18 Å². The Morgan fingerprint density at radius 2 is 2.08 bits per heavy atom. The van der Waals surface area contributed by atoms with Gasteiger partial charge in [-0.05, 0) is 25.1 Å². The molecule has 0 radical (unpaired) electrons. The number of thiazole rings is 1. The number of benzene rings is 1. The normalized spacial score (nSPS) is 10.6. The van der Waals surface area contributed by atoms with E-state index in [4.69, 9.17) is 0 Å². The molecule has 0 aliphatic rings. The molecule has 1 aromatic carbocycles. The molecule has 0 aliphatic heterocycles. The summed E-state index contributed by atoms with van der Waals surface area (Å²) in [7, 11) is 0. The lowest BCUT2D eigenvalue weighted by molar-refractivity contribution is 0.0951. The molecule has 2 aromatic heterocycles. The molecule has 1 amide bonds. The van der Waals surface area contributed by atoms with Crippen LogP contribution in [0.4, 0.5) is 4.39 Å². The van der Waals surface area contributed by atoms with Gasteiger partial charge in [0.05, 0.1) is 17.8 Å². The standard InChI is InChI=1S/C17H14FN3O2S/c1-10-14(9-20-16(23)11-6-7-15(22)19-8-11)24-17(21-10)12-4-2-3-5-13(12)18/h2-8H,9H2,1H3,(H,19,22)(H,20,23). The molecule has 0 unspecified atom stereocenters. The molecule has 0 atom stereocenters. The second-order valence-electron chi connectivity index (χ2n) is 5.13. The van der Waals surface area contributed by atoms with Gasteiger partial charge in [-0.2, -0.15) is 0 Å². The second-order valence-corrected chi connectivity index (χ2v) is 6.22. The average Bonchev–Trinajstić information content (AvgIpc) is 2.94. The maximum atomic E-state index is 13.9. The van der Waals surface area contributed by atoms with Gasteiger partial charge in [0.2, 0.25) is 5.56 Å². The predicted octanol–water partition coefficient (Wildman–Crippen LogP) is 2.88. The van der Waals surface area contributed by atoms with E-state index >= 15 is 0 Å². The summed E-state index contributed by atoms with van der Waals surface area (Å²) in [5.74, 6) is -0.624. The number of carbonyl (C=O) groups excluding carboxylic acids is 1. The number of H-pyrrole nitrogens is 1. The lowest BCUT2D eigenvalue weighted by atomic mass is 10.2. The van der Waals surface area contributed by atoms with Gasteiger partial charge in [-0.15, -0.1) is 11.3 Å². The topological polar surface area (TPSA) is 74.8 Å². The van der Waals surface area contributed by atoms with Gasteiger partial charge >= 0.3 is 0 Å². The second kappa shape index (κ2) is 6.76. The summed E-state index contributed by atoms with van der Waals surface area (Å²) >= 11 is 1.34. The number of aryl methyl sites for hydroxylation is 1. The Morgan fingerprint density at radius 3 is 2.79 bits per heavy atom. The number of carbonyl (C=O) groups is 1. The van der Waals surface area contributed by atoms with Gasteiger partial charge in [0.1, 0.15) is 10.8 Å². The van der Waals surface area contributed by atoms with E-state index < -0.39 is 0 Å². The van der Waals surface area contributed by atoms with Gasteiger partial charge in [-0.1, -0.05) is 12.1 Å². The molecule has 24 heavy (non-hydrogen) atoms. The number of aromatic nitrogens is 2. The number of nitrogens with zero attached hydrogens (tertiary/aromatic N) is 1. The maximum Gasteiger partial charge on any atom is 0.253 e. The average molecular weight is 343 g/mol. The Balaban J connectivity index is 1.74. The number of rotatable bonds is 4. The molecule has 0 spiro atoms. The quantitative estimate of drug-likeness (QED) is 0.765. The highest BCUT2D eigenvalue weighted by Gasteiger charge is 2.13. The largest absolute Gasteiger partial charge is 0.347 e. The third-order valence-electron chi connectivity index (χ3n) is 3.45. The molecule has 2 heterocycles. The van der Waals surface area contributed by atoms with E-state index in [0.717, 1.165) is 10.6 Å². The minimum atomic E-state index is -0.324. The van der Waals surface area contributed by atoms with E-state index in [1.807, 2.05) is 6.92 Å². The van der Waals surface area contributed by atoms with Crippen LogP contribution in [0.1, 0.15) is 20.9 Å². The molecular formula is C17H14FN3O2S. The molecule has 7 heteroatoms. The molecule has 0 fully saturated rings. The van der Waals surface area contributed by atoms with Gasteiger partial charge in [0, 0.05) is 22.7 Å². The van der Waals surface area contributed by atoms with E-state index in [9.17, 15) is 14.0 Å². The Labute approximate surface area is 141 Å². The van der Waals surface area contributed by atoms with Gasteiger partial charge in [-0.3, -0.25) is 9.59 Å². The fraction of sp³-hybridized carbons (Fsp3) is 0.118. The minimum Gasteiger partial charge on any atom is -0.347 e. The molecule has 5 nitrogen and oxygen atoms in total. The van der Waals surface area contributed by atoms with Crippen LogP contribution in [-0.4, -0.2) is 15.9 Å². The Bertz CT molecular complexity index is 929. The predicted molar refractivity (Wildman–Crippen MR) is 90.5 cm³/mol. The molecule has 3 aromatic rings. The first-order chi connectivity index (χ1) is 11.5. The van der Waals surface area contributed by atoms with Crippen molar-refractivity contribution in [2.75, 3.05) is 0 Å². The number of nitrogens with one attached hydrogen (secondary N) is 2. The SMILES string of the molecule is Cc1nc(-c2ccccc2F)sc1CNC(=O)c1ccc(=O)[nH]c1. The van der Waals surface area contributed by atoms with Crippen LogP contribution in [0.25, 0.3) is 10.6 Å². The highest BCUT2D eigenvalue weighted by molar-refractivity contribution is 7.15. The zero-order valence-corrected chi connectivity index (χ0v) is 13.6. The van der Waals surface area contributed by atoms with E-state index in [1.165, 1.54) is 35.7 Å². The number of halogens is 1. The third kappa shape index (κ3) is 3.41. The fourth-order valence-corrected chi connectivity index (χ4v) is 3.19. The first-order valence-corrected chi connectivity index (χ1v) is 8.04. The zero-order valence-electron chi connectivity index (χ0n) is 12.8. The summed E-state index contributed by atoms with van der Waals surface area (Å²) in [5.41, 5.74) is 1.30. The Hall–Kier alpha value is -2.80. The van der Waals surface area contributed by atoms with Crippen LogP contribution < -0.4 is 10.9 Å². The van der Waals surface area contributed by atoms with E-state index in [1.54, 1.807) is 18.2 Å². The fourth-order valence-electron chi connectivity index (χ4n) is 2.16. The number of pyridine rings is 1. The maximum absolute atomic E-state index is 13.9. The van der Waals surface area contributed by atoms with Crippen molar-refractivity contribution >= 4 is 17.2 Å². The van der Waals surface area contributed by atoms with Crippen LogP contribution in [-0.2, 0) is 6.54 Å². The van der Waals surface area contributed by atoms with Crippen LogP contribution in [0, 0.1) is 12.7 Å². The van der Waals surface area contributed by atoms with E-state index in [-0.39, 0.29) is 23.8 Å². The van der Waals surface area contributed by atoms with Crippen molar-refractivity contribution in [1.29, 1.82) is 0 Å². The molecule has 3 rings (SSSR count). The summed E-state index contributed by atoms with van der Waals surface area (Å²) in [6.07, 6.45) is 1.36. The highest BCUT2D eigenvalue weighted by Crippen LogP contribution is 2.29. The lowest BCUT2D eigenvalue weighted by Gasteiger charge is -2.03. The van der Waals surface area contributed by atoms with Crippen LogP contribution in [0.2, 0.25) is 0 Å². The van der Waals surface area contributed by atoms with Crippen molar-refractivity contribution in [1.82, 2.24) is 15.3 Å². The van der Waals surface area contributed by atoms with Gasteiger partial charge in [-0.25, -0.2) is 9.37 Å². The number of hydrogen-bond donors (Lipinski definition) is 2. The summed E-state index contributed by atoms with van der Waals surface area (Å²) in [4.78, 5) is 30.8. The highest BCUT2D eigenvalue weighted by atomic mass is 32.1. The van der Waals surface area contributed by atoms with E-state index in [2.05, 4.69) is 15.3 Å². The van der Waals surface area contributed by atoms with Gasteiger partial charge in [0.25, 0.3) is 5.91 Å².